The maximum Gasteiger partial charge on any atom is 0.258 e. The van der Waals surface area contributed by atoms with Gasteiger partial charge in [-0.3, -0.25) is 14.5 Å². The van der Waals surface area contributed by atoms with Crippen molar-refractivity contribution in [3.8, 4) is 0 Å². The molecular weight excluding hydrogens is 454 g/mol. The van der Waals surface area contributed by atoms with E-state index in [1.165, 1.54) is 23.5 Å². The van der Waals surface area contributed by atoms with Crippen LogP contribution in [-0.2, 0) is 16.6 Å². The molecular formula is C24H29N5O4S. The number of rotatable bonds is 6. The van der Waals surface area contributed by atoms with Crippen LogP contribution in [0.15, 0.2) is 58.2 Å². The normalized spacial score (nSPS) is 15.4. The number of para-hydroxylation sites is 1. The standard InChI is InChI=1S/C24H29N5O4S/c1-17(2)27(3)34(32,33)19-8-6-7-18(15-19)24(31)29-13-11-28(12-14-29)16-22-25-21-10-5-4-9-20(21)23(30)26-22/h4-10,15,17H,11-14,16H2,1-3H3,(H,25,26,30). The van der Waals surface area contributed by atoms with Crippen LogP contribution in [0.3, 0.4) is 0 Å². The second-order valence-corrected chi connectivity index (χ2v) is 10.7. The van der Waals surface area contributed by atoms with Gasteiger partial charge in [0.2, 0.25) is 10.0 Å². The third-order valence-electron chi connectivity index (χ3n) is 6.18. The zero-order valence-corrected chi connectivity index (χ0v) is 20.4. The summed E-state index contributed by atoms with van der Waals surface area (Å²) in [6.45, 7) is 6.33. The Morgan fingerprint density at radius 3 is 2.50 bits per heavy atom. The van der Waals surface area contributed by atoms with Gasteiger partial charge >= 0.3 is 0 Å². The first-order valence-corrected chi connectivity index (χ1v) is 12.7. The Morgan fingerprint density at radius 1 is 1.09 bits per heavy atom. The maximum atomic E-state index is 13.1. The second-order valence-electron chi connectivity index (χ2n) is 8.74. The fraction of sp³-hybridized carbons (Fsp3) is 0.375. The Labute approximate surface area is 199 Å². The van der Waals surface area contributed by atoms with E-state index in [9.17, 15) is 18.0 Å². The first-order chi connectivity index (χ1) is 16.2. The van der Waals surface area contributed by atoms with Crippen LogP contribution in [-0.4, -0.2) is 77.7 Å². The van der Waals surface area contributed by atoms with Gasteiger partial charge in [0.15, 0.2) is 0 Å². The Balaban J connectivity index is 1.42. The van der Waals surface area contributed by atoms with Crippen LogP contribution in [0, 0.1) is 0 Å². The van der Waals surface area contributed by atoms with Gasteiger partial charge < -0.3 is 9.88 Å². The largest absolute Gasteiger partial charge is 0.336 e. The van der Waals surface area contributed by atoms with Crippen molar-refractivity contribution >= 4 is 26.8 Å². The van der Waals surface area contributed by atoms with Crippen molar-refractivity contribution in [2.75, 3.05) is 33.2 Å². The van der Waals surface area contributed by atoms with Crippen molar-refractivity contribution in [2.24, 2.45) is 0 Å². The van der Waals surface area contributed by atoms with Gasteiger partial charge in [-0.05, 0) is 44.2 Å². The van der Waals surface area contributed by atoms with E-state index in [0.717, 1.165) is 0 Å². The highest BCUT2D eigenvalue weighted by Crippen LogP contribution is 2.19. The molecule has 10 heteroatoms. The number of hydrogen-bond acceptors (Lipinski definition) is 6. The van der Waals surface area contributed by atoms with E-state index in [2.05, 4.69) is 14.9 Å². The number of aromatic nitrogens is 2. The summed E-state index contributed by atoms with van der Waals surface area (Å²) in [5.41, 5.74) is 0.854. The molecule has 0 atom stereocenters. The summed E-state index contributed by atoms with van der Waals surface area (Å²) in [7, 11) is -2.14. The molecule has 1 saturated heterocycles. The predicted octanol–water partition coefficient (Wildman–Crippen LogP) is 1.91. The van der Waals surface area contributed by atoms with Crippen molar-refractivity contribution in [2.45, 2.75) is 31.3 Å². The number of carbonyl (C=O) groups is 1. The molecule has 34 heavy (non-hydrogen) atoms. The molecule has 180 valence electrons. The van der Waals surface area contributed by atoms with Crippen molar-refractivity contribution in [1.82, 2.24) is 24.1 Å². The molecule has 1 amide bonds. The SMILES string of the molecule is CC(C)N(C)S(=O)(=O)c1cccc(C(=O)N2CCN(Cc3nc4ccccc4c(=O)[nH]3)CC2)c1. The molecule has 0 unspecified atom stereocenters. The zero-order valence-electron chi connectivity index (χ0n) is 19.6. The number of amides is 1. The van der Waals surface area contributed by atoms with E-state index < -0.39 is 10.0 Å². The molecule has 1 aromatic heterocycles. The summed E-state index contributed by atoms with van der Waals surface area (Å²) in [5.74, 6) is 0.400. The Kier molecular flexibility index (Phi) is 6.83. The van der Waals surface area contributed by atoms with E-state index in [1.807, 2.05) is 18.2 Å². The number of aromatic amines is 1. The van der Waals surface area contributed by atoms with E-state index in [1.54, 1.807) is 36.9 Å². The fourth-order valence-corrected chi connectivity index (χ4v) is 5.36. The van der Waals surface area contributed by atoms with Crippen LogP contribution < -0.4 is 5.56 Å². The Bertz CT molecular complexity index is 1360. The topological polar surface area (TPSA) is 107 Å². The van der Waals surface area contributed by atoms with Gasteiger partial charge in [0.1, 0.15) is 5.82 Å². The molecule has 1 aliphatic heterocycles. The summed E-state index contributed by atoms with van der Waals surface area (Å²) in [5, 5.41) is 0.561. The first kappa shape index (κ1) is 24.1. The molecule has 0 spiro atoms. The number of hydrogen-bond donors (Lipinski definition) is 1. The average Bonchev–Trinajstić information content (AvgIpc) is 2.83. The van der Waals surface area contributed by atoms with E-state index >= 15 is 0 Å². The van der Waals surface area contributed by atoms with Gasteiger partial charge in [0.25, 0.3) is 11.5 Å². The number of carbonyl (C=O) groups excluding carboxylic acids is 1. The number of sulfonamides is 1. The third kappa shape index (κ3) is 4.89. The minimum atomic E-state index is -3.67. The number of nitrogens with zero attached hydrogens (tertiary/aromatic N) is 4. The van der Waals surface area contributed by atoms with Crippen LogP contribution in [0.5, 0.6) is 0 Å². The smallest absolute Gasteiger partial charge is 0.258 e. The molecule has 0 saturated carbocycles. The first-order valence-electron chi connectivity index (χ1n) is 11.2. The number of nitrogens with one attached hydrogen (secondary N) is 1. The highest BCUT2D eigenvalue weighted by molar-refractivity contribution is 7.89. The third-order valence-corrected chi connectivity index (χ3v) is 8.21. The van der Waals surface area contributed by atoms with Crippen molar-refractivity contribution < 1.29 is 13.2 Å². The van der Waals surface area contributed by atoms with Crippen LogP contribution >= 0.6 is 0 Å². The lowest BCUT2D eigenvalue weighted by Gasteiger charge is -2.34. The highest BCUT2D eigenvalue weighted by Gasteiger charge is 2.26. The number of H-pyrrole nitrogens is 1. The molecule has 2 heterocycles. The maximum absolute atomic E-state index is 13.1. The van der Waals surface area contributed by atoms with Crippen LogP contribution in [0.2, 0.25) is 0 Å². The molecule has 1 N–H and O–H groups in total. The van der Waals surface area contributed by atoms with Gasteiger partial charge in [-0.25, -0.2) is 13.4 Å². The van der Waals surface area contributed by atoms with Gasteiger partial charge in [-0.1, -0.05) is 18.2 Å². The van der Waals surface area contributed by atoms with Gasteiger partial charge in [-0.15, -0.1) is 0 Å². The highest BCUT2D eigenvalue weighted by atomic mass is 32.2. The molecule has 1 fully saturated rings. The van der Waals surface area contributed by atoms with E-state index in [0.29, 0.717) is 55.0 Å². The zero-order chi connectivity index (χ0) is 24.5. The molecule has 0 aliphatic carbocycles. The van der Waals surface area contributed by atoms with Crippen molar-refractivity contribution in [1.29, 1.82) is 0 Å². The lowest BCUT2D eigenvalue weighted by atomic mass is 10.2. The molecule has 0 bridgehead atoms. The monoisotopic (exact) mass is 483 g/mol. The Morgan fingerprint density at radius 2 is 1.79 bits per heavy atom. The summed E-state index contributed by atoms with van der Waals surface area (Å²) >= 11 is 0. The number of benzene rings is 2. The van der Waals surface area contributed by atoms with Crippen LogP contribution in [0.1, 0.15) is 30.0 Å². The lowest BCUT2D eigenvalue weighted by molar-refractivity contribution is 0.0625. The quantitative estimate of drug-likeness (QED) is 0.574. The molecule has 4 rings (SSSR count). The predicted molar refractivity (Wildman–Crippen MR) is 130 cm³/mol. The average molecular weight is 484 g/mol. The minimum absolute atomic E-state index is 0.111. The van der Waals surface area contributed by atoms with Gasteiger partial charge in [0.05, 0.1) is 22.3 Å². The fourth-order valence-electron chi connectivity index (χ4n) is 3.95. The summed E-state index contributed by atoms with van der Waals surface area (Å²) in [4.78, 5) is 36.8. The van der Waals surface area contributed by atoms with Gasteiger partial charge in [-0.2, -0.15) is 4.31 Å². The molecule has 0 radical (unpaired) electrons. The second kappa shape index (κ2) is 9.65. The Hall–Kier alpha value is -3.08. The van der Waals surface area contributed by atoms with Crippen molar-refractivity contribution in [3.05, 3.63) is 70.3 Å². The lowest BCUT2D eigenvalue weighted by Crippen LogP contribution is -2.48. The van der Waals surface area contributed by atoms with Gasteiger partial charge in [0, 0.05) is 44.8 Å². The molecule has 9 nitrogen and oxygen atoms in total. The van der Waals surface area contributed by atoms with E-state index in [4.69, 9.17) is 0 Å². The van der Waals surface area contributed by atoms with Crippen molar-refractivity contribution in [3.63, 3.8) is 0 Å². The summed E-state index contributed by atoms with van der Waals surface area (Å²) in [6, 6.07) is 13.2. The number of fused-ring (bicyclic) bond motifs is 1. The van der Waals surface area contributed by atoms with Crippen LogP contribution in [0.4, 0.5) is 0 Å². The summed E-state index contributed by atoms with van der Waals surface area (Å²) < 4.78 is 26.9. The molecule has 3 aromatic rings. The molecule has 2 aromatic carbocycles. The summed E-state index contributed by atoms with van der Waals surface area (Å²) in [6.07, 6.45) is 0. The van der Waals surface area contributed by atoms with Crippen LogP contribution in [0.25, 0.3) is 10.9 Å². The van der Waals surface area contributed by atoms with E-state index in [-0.39, 0.29) is 22.4 Å². The number of piperazine rings is 1. The minimum Gasteiger partial charge on any atom is -0.336 e. The molecule has 1 aliphatic rings.